The average Bonchev–Trinajstić information content (AvgIpc) is 2.46. The minimum atomic E-state index is -0.979. The van der Waals surface area contributed by atoms with E-state index in [4.69, 9.17) is 9.84 Å². The van der Waals surface area contributed by atoms with Gasteiger partial charge in [0.1, 0.15) is 12.4 Å². The SMILES string of the molecule is Cc1ccccc1COc1ccc(Br)c(/C=C/C(=O)O)c1. The topological polar surface area (TPSA) is 46.5 Å². The number of benzene rings is 2. The smallest absolute Gasteiger partial charge is 0.328 e. The van der Waals surface area contributed by atoms with E-state index >= 15 is 0 Å². The maximum absolute atomic E-state index is 10.6. The van der Waals surface area contributed by atoms with Crippen molar-refractivity contribution in [2.75, 3.05) is 0 Å². The molecule has 2 aromatic rings. The highest BCUT2D eigenvalue weighted by Gasteiger charge is 2.03. The molecule has 2 rings (SSSR count). The highest BCUT2D eigenvalue weighted by Crippen LogP contribution is 2.24. The third-order valence-electron chi connectivity index (χ3n) is 3.03. The van der Waals surface area contributed by atoms with Crippen LogP contribution in [0.4, 0.5) is 0 Å². The van der Waals surface area contributed by atoms with Crippen LogP contribution in [0, 0.1) is 6.92 Å². The number of rotatable bonds is 5. The molecule has 0 fully saturated rings. The number of carboxylic acids is 1. The molecule has 0 radical (unpaired) electrons. The van der Waals surface area contributed by atoms with Crippen LogP contribution in [-0.4, -0.2) is 11.1 Å². The first kappa shape index (κ1) is 15.3. The molecular formula is C17H15BrO3. The first-order chi connectivity index (χ1) is 10.1. The lowest BCUT2D eigenvalue weighted by atomic mass is 10.1. The molecule has 4 heteroatoms. The van der Waals surface area contributed by atoms with E-state index in [1.807, 2.05) is 49.4 Å². The minimum absolute atomic E-state index is 0.483. The molecule has 0 bridgehead atoms. The zero-order chi connectivity index (χ0) is 15.2. The van der Waals surface area contributed by atoms with Crippen LogP contribution in [0.15, 0.2) is 53.0 Å². The average molecular weight is 347 g/mol. The van der Waals surface area contributed by atoms with Gasteiger partial charge in [-0.15, -0.1) is 0 Å². The molecule has 0 unspecified atom stereocenters. The van der Waals surface area contributed by atoms with E-state index in [0.717, 1.165) is 21.7 Å². The summed E-state index contributed by atoms with van der Waals surface area (Å²) in [5, 5.41) is 8.68. The van der Waals surface area contributed by atoms with Gasteiger partial charge < -0.3 is 9.84 Å². The Morgan fingerprint density at radius 3 is 2.76 bits per heavy atom. The van der Waals surface area contributed by atoms with Gasteiger partial charge in [-0.2, -0.15) is 0 Å². The van der Waals surface area contributed by atoms with Gasteiger partial charge in [-0.25, -0.2) is 4.79 Å². The molecule has 21 heavy (non-hydrogen) atoms. The zero-order valence-corrected chi connectivity index (χ0v) is 13.1. The number of aryl methyl sites for hydroxylation is 1. The lowest BCUT2D eigenvalue weighted by molar-refractivity contribution is -0.131. The molecule has 2 aromatic carbocycles. The lowest BCUT2D eigenvalue weighted by Crippen LogP contribution is -1.98. The first-order valence-corrected chi connectivity index (χ1v) is 7.23. The van der Waals surface area contributed by atoms with Gasteiger partial charge in [-0.3, -0.25) is 0 Å². The monoisotopic (exact) mass is 346 g/mol. The van der Waals surface area contributed by atoms with E-state index in [-0.39, 0.29) is 0 Å². The van der Waals surface area contributed by atoms with Crippen molar-refractivity contribution in [3.8, 4) is 5.75 Å². The summed E-state index contributed by atoms with van der Waals surface area (Å²) < 4.78 is 6.60. The Kier molecular flexibility index (Phi) is 5.17. The molecule has 0 amide bonds. The quantitative estimate of drug-likeness (QED) is 0.814. The van der Waals surface area contributed by atoms with Gasteiger partial charge in [0.25, 0.3) is 0 Å². The number of hydrogen-bond donors (Lipinski definition) is 1. The molecule has 1 N–H and O–H groups in total. The Hall–Kier alpha value is -2.07. The maximum atomic E-state index is 10.6. The van der Waals surface area contributed by atoms with Crippen LogP contribution >= 0.6 is 15.9 Å². The number of ether oxygens (including phenoxy) is 1. The van der Waals surface area contributed by atoms with E-state index in [9.17, 15) is 4.79 Å². The predicted octanol–water partition coefficient (Wildman–Crippen LogP) is 4.43. The van der Waals surface area contributed by atoms with Gasteiger partial charge in [0.2, 0.25) is 0 Å². The van der Waals surface area contributed by atoms with Crippen molar-refractivity contribution in [2.45, 2.75) is 13.5 Å². The Bertz CT molecular complexity index is 677. The summed E-state index contributed by atoms with van der Waals surface area (Å²) in [6.45, 7) is 2.53. The van der Waals surface area contributed by atoms with Crippen LogP contribution < -0.4 is 4.74 Å². The number of carbonyl (C=O) groups is 1. The van der Waals surface area contributed by atoms with E-state index in [1.165, 1.54) is 11.6 Å². The molecule has 0 aliphatic rings. The van der Waals surface area contributed by atoms with E-state index in [1.54, 1.807) is 0 Å². The number of carboxylic acid groups (broad SMARTS) is 1. The van der Waals surface area contributed by atoms with Crippen molar-refractivity contribution in [3.05, 3.63) is 69.7 Å². The Balaban J connectivity index is 2.12. The highest BCUT2D eigenvalue weighted by atomic mass is 79.9. The minimum Gasteiger partial charge on any atom is -0.489 e. The van der Waals surface area contributed by atoms with Crippen LogP contribution in [0.25, 0.3) is 6.08 Å². The summed E-state index contributed by atoms with van der Waals surface area (Å²) in [6, 6.07) is 13.5. The fourth-order valence-electron chi connectivity index (χ4n) is 1.83. The molecule has 0 aromatic heterocycles. The van der Waals surface area contributed by atoms with Crippen LogP contribution in [0.5, 0.6) is 5.75 Å². The third-order valence-corrected chi connectivity index (χ3v) is 3.75. The molecule has 108 valence electrons. The van der Waals surface area contributed by atoms with Crippen LogP contribution in [0.2, 0.25) is 0 Å². The largest absolute Gasteiger partial charge is 0.489 e. The van der Waals surface area contributed by atoms with Crippen molar-refractivity contribution in [1.29, 1.82) is 0 Å². The van der Waals surface area contributed by atoms with Gasteiger partial charge in [0, 0.05) is 10.5 Å². The highest BCUT2D eigenvalue weighted by molar-refractivity contribution is 9.10. The number of hydrogen-bond acceptors (Lipinski definition) is 2. The molecule has 0 aliphatic heterocycles. The third kappa shape index (κ3) is 4.46. The number of aliphatic carboxylic acids is 1. The van der Waals surface area contributed by atoms with Crippen LogP contribution in [0.3, 0.4) is 0 Å². The van der Waals surface area contributed by atoms with Gasteiger partial charge in [-0.05, 0) is 47.9 Å². The van der Waals surface area contributed by atoms with Crippen molar-refractivity contribution < 1.29 is 14.6 Å². The summed E-state index contributed by atoms with van der Waals surface area (Å²) in [5.41, 5.74) is 3.07. The summed E-state index contributed by atoms with van der Waals surface area (Å²) in [6.07, 6.45) is 2.64. The fourth-order valence-corrected chi connectivity index (χ4v) is 2.21. The maximum Gasteiger partial charge on any atom is 0.328 e. The zero-order valence-electron chi connectivity index (χ0n) is 11.5. The summed E-state index contributed by atoms with van der Waals surface area (Å²) in [5.74, 6) is -0.278. The molecule has 0 aliphatic carbocycles. The molecule has 3 nitrogen and oxygen atoms in total. The van der Waals surface area contributed by atoms with E-state index < -0.39 is 5.97 Å². The molecule has 0 spiro atoms. The molecule has 0 saturated carbocycles. The van der Waals surface area contributed by atoms with Gasteiger partial charge >= 0.3 is 5.97 Å². The summed E-state index contributed by atoms with van der Waals surface area (Å²) >= 11 is 3.39. The van der Waals surface area contributed by atoms with Crippen LogP contribution in [0.1, 0.15) is 16.7 Å². The van der Waals surface area contributed by atoms with Gasteiger partial charge in [0.05, 0.1) is 0 Å². The number of halogens is 1. The van der Waals surface area contributed by atoms with Crippen molar-refractivity contribution >= 4 is 28.0 Å². The van der Waals surface area contributed by atoms with Crippen LogP contribution in [-0.2, 0) is 11.4 Å². The van der Waals surface area contributed by atoms with Gasteiger partial charge in [0.15, 0.2) is 0 Å². The van der Waals surface area contributed by atoms with E-state index in [2.05, 4.69) is 15.9 Å². The van der Waals surface area contributed by atoms with Crippen molar-refractivity contribution in [2.24, 2.45) is 0 Å². The Morgan fingerprint density at radius 2 is 2.05 bits per heavy atom. The van der Waals surface area contributed by atoms with Gasteiger partial charge in [-0.1, -0.05) is 40.2 Å². The molecule has 0 heterocycles. The lowest BCUT2D eigenvalue weighted by Gasteiger charge is -2.10. The predicted molar refractivity (Wildman–Crippen MR) is 86.3 cm³/mol. The Morgan fingerprint density at radius 1 is 1.29 bits per heavy atom. The standard InChI is InChI=1S/C17H15BrO3/c1-12-4-2-3-5-14(12)11-21-15-7-8-16(18)13(10-15)6-9-17(19)20/h2-10H,11H2,1H3,(H,19,20)/b9-6+. The summed E-state index contributed by atoms with van der Waals surface area (Å²) in [7, 11) is 0. The second kappa shape index (κ2) is 7.09. The molecule has 0 saturated heterocycles. The normalized spacial score (nSPS) is 10.8. The second-order valence-electron chi connectivity index (χ2n) is 4.57. The summed E-state index contributed by atoms with van der Waals surface area (Å²) in [4.78, 5) is 10.6. The van der Waals surface area contributed by atoms with Crippen molar-refractivity contribution in [3.63, 3.8) is 0 Å². The molecule has 0 atom stereocenters. The second-order valence-corrected chi connectivity index (χ2v) is 5.42. The molecular weight excluding hydrogens is 332 g/mol. The van der Waals surface area contributed by atoms with Crippen molar-refractivity contribution in [1.82, 2.24) is 0 Å². The first-order valence-electron chi connectivity index (χ1n) is 6.44. The Labute approximate surface area is 132 Å². The fraction of sp³-hybridized carbons (Fsp3) is 0.118. The van der Waals surface area contributed by atoms with E-state index in [0.29, 0.717) is 12.4 Å².